The third kappa shape index (κ3) is 4.09. The molecule has 1 aliphatic carbocycles. The fourth-order valence-corrected chi connectivity index (χ4v) is 5.26. The third-order valence-corrected chi connectivity index (χ3v) is 6.97. The molecular formula is C22H28N2O2S. The van der Waals surface area contributed by atoms with E-state index in [1.54, 1.807) is 11.3 Å². The summed E-state index contributed by atoms with van der Waals surface area (Å²) in [5.41, 5.74) is 1.84. The molecule has 2 aliphatic rings. The van der Waals surface area contributed by atoms with E-state index in [1.807, 2.05) is 18.2 Å². The topological polar surface area (TPSA) is 51.2 Å². The SMILES string of the molecule is O=C(NCc1nc(C2CCCCC2)cs1)C1(c2ccccc2)CCOCC1. The zero-order chi connectivity index (χ0) is 18.5. The first-order valence-corrected chi connectivity index (χ1v) is 11.0. The van der Waals surface area contributed by atoms with Crippen LogP contribution in [0.4, 0.5) is 0 Å². The fraction of sp³-hybridized carbons (Fsp3) is 0.545. The van der Waals surface area contributed by atoms with Gasteiger partial charge in [0.15, 0.2) is 0 Å². The Morgan fingerprint density at radius 3 is 2.63 bits per heavy atom. The molecule has 1 saturated heterocycles. The number of thiazole rings is 1. The summed E-state index contributed by atoms with van der Waals surface area (Å²) in [5, 5.41) is 6.38. The van der Waals surface area contributed by atoms with Gasteiger partial charge in [-0.2, -0.15) is 0 Å². The highest BCUT2D eigenvalue weighted by atomic mass is 32.1. The van der Waals surface area contributed by atoms with Crippen molar-refractivity contribution >= 4 is 17.2 Å². The molecule has 5 heteroatoms. The van der Waals surface area contributed by atoms with Gasteiger partial charge in [-0.05, 0) is 31.2 Å². The Labute approximate surface area is 165 Å². The van der Waals surface area contributed by atoms with Crippen LogP contribution in [0.3, 0.4) is 0 Å². The van der Waals surface area contributed by atoms with E-state index in [-0.39, 0.29) is 5.91 Å². The average Bonchev–Trinajstić information content (AvgIpc) is 3.23. The minimum absolute atomic E-state index is 0.103. The minimum Gasteiger partial charge on any atom is -0.381 e. The molecule has 1 amide bonds. The van der Waals surface area contributed by atoms with Gasteiger partial charge in [0.25, 0.3) is 0 Å². The number of rotatable bonds is 5. The largest absolute Gasteiger partial charge is 0.381 e. The monoisotopic (exact) mass is 384 g/mol. The van der Waals surface area contributed by atoms with Crippen molar-refractivity contribution in [1.82, 2.24) is 10.3 Å². The Morgan fingerprint density at radius 1 is 1.15 bits per heavy atom. The normalized spacial score (nSPS) is 20.3. The number of hydrogen-bond acceptors (Lipinski definition) is 4. The second kappa shape index (κ2) is 8.53. The maximum absolute atomic E-state index is 13.2. The highest BCUT2D eigenvalue weighted by Gasteiger charge is 2.41. The highest BCUT2D eigenvalue weighted by molar-refractivity contribution is 7.09. The maximum atomic E-state index is 13.2. The predicted octanol–water partition coefficient (Wildman–Crippen LogP) is 4.56. The number of amides is 1. The average molecular weight is 385 g/mol. The van der Waals surface area contributed by atoms with Crippen LogP contribution in [0.1, 0.15) is 67.1 Å². The van der Waals surface area contributed by atoms with Crippen LogP contribution in [0.15, 0.2) is 35.7 Å². The van der Waals surface area contributed by atoms with E-state index in [4.69, 9.17) is 9.72 Å². The van der Waals surface area contributed by atoms with E-state index in [1.165, 1.54) is 37.8 Å². The zero-order valence-electron chi connectivity index (χ0n) is 15.8. The lowest BCUT2D eigenvalue weighted by Gasteiger charge is -2.36. The van der Waals surface area contributed by atoms with Gasteiger partial charge in [0, 0.05) is 24.5 Å². The van der Waals surface area contributed by atoms with Crippen molar-refractivity contribution in [3.05, 3.63) is 52.0 Å². The Bertz CT molecular complexity index is 747. The molecule has 144 valence electrons. The third-order valence-electron chi connectivity index (χ3n) is 6.10. The van der Waals surface area contributed by atoms with Crippen molar-refractivity contribution in [3.8, 4) is 0 Å². The van der Waals surface area contributed by atoms with Gasteiger partial charge in [0.1, 0.15) is 5.01 Å². The summed E-state index contributed by atoms with van der Waals surface area (Å²) >= 11 is 1.68. The maximum Gasteiger partial charge on any atom is 0.231 e. The molecular weight excluding hydrogens is 356 g/mol. The molecule has 27 heavy (non-hydrogen) atoms. The lowest BCUT2D eigenvalue weighted by molar-refractivity contribution is -0.130. The molecule has 1 aromatic heterocycles. The first kappa shape index (κ1) is 18.6. The van der Waals surface area contributed by atoms with E-state index >= 15 is 0 Å². The molecule has 4 rings (SSSR count). The molecule has 0 atom stereocenters. The Hall–Kier alpha value is -1.72. The Balaban J connectivity index is 1.43. The second-order valence-corrected chi connectivity index (χ2v) is 8.69. The molecule has 0 spiro atoms. The number of aromatic nitrogens is 1. The van der Waals surface area contributed by atoms with Gasteiger partial charge in [-0.25, -0.2) is 4.98 Å². The van der Waals surface area contributed by atoms with Gasteiger partial charge in [-0.3, -0.25) is 4.79 Å². The van der Waals surface area contributed by atoms with Gasteiger partial charge in [-0.1, -0.05) is 49.6 Å². The van der Waals surface area contributed by atoms with Gasteiger partial charge < -0.3 is 10.1 Å². The van der Waals surface area contributed by atoms with Crippen molar-refractivity contribution in [2.75, 3.05) is 13.2 Å². The van der Waals surface area contributed by atoms with Gasteiger partial charge in [-0.15, -0.1) is 11.3 Å². The quantitative estimate of drug-likeness (QED) is 0.822. The van der Waals surface area contributed by atoms with E-state index in [9.17, 15) is 4.79 Å². The van der Waals surface area contributed by atoms with E-state index in [0.29, 0.717) is 25.7 Å². The number of nitrogens with zero attached hydrogens (tertiary/aromatic N) is 1. The molecule has 0 radical (unpaired) electrons. The van der Waals surface area contributed by atoms with Crippen molar-refractivity contribution in [3.63, 3.8) is 0 Å². The van der Waals surface area contributed by atoms with Gasteiger partial charge in [0.05, 0.1) is 17.7 Å². The van der Waals surface area contributed by atoms with Crippen LogP contribution < -0.4 is 5.32 Å². The fourth-order valence-electron chi connectivity index (χ4n) is 4.44. The zero-order valence-corrected chi connectivity index (χ0v) is 16.6. The molecule has 1 saturated carbocycles. The molecule has 1 N–H and O–H groups in total. The molecule has 0 unspecified atom stereocenters. The van der Waals surface area contributed by atoms with Crippen LogP contribution in [0.2, 0.25) is 0 Å². The summed E-state index contributed by atoms with van der Waals surface area (Å²) in [6.45, 7) is 1.78. The van der Waals surface area contributed by atoms with Crippen LogP contribution in [-0.2, 0) is 21.5 Å². The molecule has 2 aromatic rings. The summed E-state index contributed by atoms with van der Waals surface area (Å²) in [7, 11) is 0. The lowest BCUT2D eigenvalue weighted by atomic mass is 9.73. The van der Waals surface area contributed by atoms with Crippen LogP contribution in [0.5, 0.6) is 0 Å². The number of ether oxygens (including phenoxy) is 1. The van der Waals surface area contributed by atoms with Crippen LogP contribution in [-0.4, -0.2) is 24.1 Å². The summed E-state index contributed by atoms with van der Waals surface area (Å²) in [6.07, 6.45) is 7.96. The summed E-state index contributed by atoms with van der Waals surface area (Å²) in [6, 6.07) is 10.1. The van der Waals surface area contributed by atoms with Crippen LogP contribution >= 0.6 is 11.3 Å². The second-order valence-electron chi connectivity index (χ2n) is 7.74. The number of benzene rings is 1. The molecule has 0 bridgehead atoms. The predicted molar refractivity (Wildman–Crippen MR) is 108 cm³/mol. The summed E-state index contributed by atoms with van der Waals surface area (Å²) in [4.78, 5) is 18.0. The molecule has 1 aliphatic heterocycles. The number of nitrogens with one attached hydrogen (secondary N) is 1. The number of hydrogen-bond donors (Lipinski definition) is 1. The Morgan fingerprint density at radius 2 is 1.89 bits per heavy atom. The minimum atomic E-state index is -0.483. The number of carbonyl (C=O) groups is 1. The van der Waals surface area contributed by atoms with Gasteiger partial charge >= 0.3 is 0 Å². The molecule has 4 nitrogen and oxygen atoms in total. The smallest absolute Gasteiger partial charge is 0.231 e. The van der Waals surface area contributed by atoms with Crippen molar-refractivity contribution in [1.29, 1.82) is 0 Å². The first-order chi connectivity index (χ1) is 13.3. The van der Waals surface area contributed by atoms with E-state index in [2.05, 4.69) is 22.8 Å². The Kier molecular flexibility index (Phi) is 5.89. The van der Waals surface area contributed by atoms with Crippen molar-refractivity contribution in [2.45, 2.75) is 62.8 Å². The van der Waals surface area contributed by atoms with E-state index in [0.717, 1.165) is 23.4 Å². The lowest BCUT2D eigenvalue weighted by Crippen LogP contribution is -2.47. The van der Waals surface area contributed by atoms with Gasteiger partial charge in [0.2, 0.25) is 5.91 Å². The van der Waals surface area contributed by atoms with E-state index < -0.39 is 5.41 Å². The van der Waals surface area contributed by atoms with Crippen LogP contribution in [0, 0.1) is 0 Å². The standard InChI is InChI=1S/C22H28N2O2S/c25-21(22(11-13-26-14-12-22)18-9-5-2-6-10-18)23-15-20-24-19(16-27-20)17-7-3-1-4-8-17/h2,5-6,9-10,16-17H,1,3-4,7-8,11-15H2,(H,23,25). The van der Waals surface area contributed by atoms with Crippen molar-refractivity contribution < 1.29 is 9.53 Å². The first-order valence-electron chi connectivity index (χ1n) is 10.1. The summed E-state index contributed by atoms with van der Waals surface area (Å²) < 4.78 is 5.54. The number of carbonyl (C=O) groups excluding carboxylic acids is 1. The molecule has 1 aromatic carbocycles. The molecule has 2 fully saturated rings. The molecule has 2 heterocycles. The van der Waals surface area contributed by atoms with Crippen LogP contribution in [0.25, 0.3) is 0 Å². The summed E-state index contributed by atoms with van der Waals surface area (Å²) in [5.74, 6) is 0.719. The van der Waals surface area contributed by atoms with Crippen molar-refractivity contribution in [2.24, 2.45) is 0 Å². The highest BCUT2D eigenvalue weighted by Crippen LogP contribution is 2.36.